The smallest absolute Gasteiger partial charge is 0.212 e. The first-order valence-corrected chi connectivity index (χ1v) is 6.04. The van der Waals surface area contributed by atoms with Gasteiger partial charge in [-0.15, -0.1) is 5.10 Å². The molecule has 3 rings (SSSR count). The van der Waals surface area contributed by atoms with E-state index >= 15 is 0 Å². The number of ether oxygens (including phenoxy) is 1. The standard InChI is InChI=1S/C14H13N5O/c1-20-13-7-2-10(8-16-13)14-17-9-19(18-14)12-5-3-11(15)4-6-12/h2-9H,15H2,1H3. The fourth-order valence-corrected chi connectivity index (χ4v) is 1.78. The van der Waals surface area contributed by atoms with Gasteiger partial charge in [-0.2, -0.15) is 0 Å². The second-order valence-electron chi connectivity index (χ2n) is 4.19. The third kappa shape index (κ3) is 2.31. The normalized spacial score (nSPS) is 10.4. The Kier molecular flexibility index (Phi) is 3.04. The number of nitrogens with zero attached hydrogens (tertiary/aromatic N) is 4. The first-order chi connectivity index (χ1) is 9.76. The number of pyridine rings is 1. The molecule has 0 unspecified atom stereocenters. The van der Waals surface area contributed by atoms with E-state index < -0.39 is 0 Å². The van der Waals surface area contributed by atoms with E-state index in [0.717, 1.165) is 11.3 Å². The van der Waals surface area contributed by atoms with Gasteiger partial charge >= 0.3 is 0 Å². The van der Waals surface area contributed by atoms with Gasteiger partial charge in [0.15, 0.2) is 5.82 Å². The van der Waals surface area contributed by atoms with Crippen molar-refractivity contribution in [1.29, 1.82) is 0 Å². The number of hydrogen-bond acceptors (Lipinski definition) is 5. The van der Waals surface area contributed by atoms with Crippen molar-refractivity contribution in [2.24, 2.45) is 0 Å². The predicted molar refractivity (Wildman–Crippen MR) is 75.6 cm³/mol. The summed E-state index contributed by atoms with van der Waals surface area (Å²) in [6, 6.07) is 11.1. The van der Waals surface area contributed by atoms with Gasteiger partial charge in [0.1, 0.15) is 6.33 Å². The summed E-state index contributed by atoms with van der Waals surface area (Å²) < 4.78 is 6.72. The van der Waals surface area contributed by atoms with Crippen LogP contribution in [0.5, 0.6) is 5.88 Å². The molecule has 6 heteroatoms. The molecule has 2 N–H and O–H groups in total. The highest BCUT2D eigenvalue weighted by Gasteiger charge is 2.06. The molecule has 1 aromatic carbocycles. The minimum absolute atomic E-state index is 0.562. The van der Waals surface area contributed by atoms with Crippen LogP contribution in [0, 0.1) is 0 Å². The Morgan fingerprint density at radius 2 is 1.85 bits per heavy atom. The van der Waals surface area contributed by atoms with Crippen molar-refractivity contribution < 1.29 is 4.74 Å². The van der Waals surface area contributed by atoms with Gasteiger partial charge in [0.05, 0.1) is 12.8 Å². The van der Waals surface area contributed by atoms with E-state index in [1.165, 1.54) is 0 Å². The molecule has 0 saturated heterocycles. The summed E-state index contributed by atoms with van der Waals surface area (Å²) in [5.74, 6) is 1.17. The van der Waals surface area contributed by atoms with Crippen molar-refractivity contribution in [3.8, 4) is 23.0 Å². The third-order valence-corrected chi connectivity index (χ3v) is 2.85. The van der Waals surface area contributed by atoms with Crippen LogP contribution >= 0.6 is 0 Å². The number of methoxy groups -OCH3 is 1. The molecule has 0 aliphatic carbocycles. The van der Waals surface area contributed by atoms with Crippen molar-refractivity contribution in [2.75, 3.05) is 12.8 Å². The number of aromatic nitrogens is 4. The van der Waals surface area contributed by atoms with E-state index in [9.17, 15) is 0 Å². The highest BCUT2D eigenvalue weighted by Crippen LogP contribution is 2.17. The maximum Gasteiger partial charge on any atom is 0.212 e. The topological polar surface area (TPSA) is 78.9 Å². The second kappa shape index (κ2) is 5.00. The fraction of sp³-hybridized carbons (Fsp3) is 0.0714. The summed E-state index contributed by atoms with van der Waals surface area (Å²) in [5.41, 5.74) is 8.11. The molecule has 0 radical (unpaired) electrons. The van der Waals surface area contributed by atoms with E-state index in [1.54, 1.807) is 30.4 Å². The van der Waals surface area contributed by atoms with Gasteiger partial charge in [0.25, 0.3) is 0 Å². The second-order valence-corrected chi connectivity index (χ2v) is 4.19. The zero-order chi connectivity index (χ0) is 13.9. The summed E-state index contributed by atoms with van der Waals surface area (Å²) in [5, 5.41) is 4.42. The molecule has 0 aliphatic rings. The van der Waals surface area contributed by atoms with E-state index in [1.807, 2.05) is 30.3 Å². The van der Waals surface area contributed by atoms with Gasteiger partial charge in [-0.1, -0.05) is 0 Å². The Bertz CT molecular complexity index is 703. The van der Waals surface area contributed by atoms with Gasteiger partial charge < -0.3 is 10.5 Å². The molecule has 3 aromatic rings. The molecule has 0 saturated carbocycles. The van der Waals surface area contributed by atoms with Crippen LogP contribution in [0.15, 0.2) is 48.9 Å². The number of anilines is 1. The van der Waals surface area contributed by atoms with Crippen molar-refractivity contribution in [1.82, 2.24) is 19.7 Å². The van der Waals surface area contributed by atoms with Crippen LogP contribution in [-0.4, -0.2) is 26.9 Å². The molecule has 0 bridgehead atoms. The predicted octanol–water partition coefficient (Wildman–Crippen LogP) is 1.92. The maximum absolute atomic E-state index is 5.66. The summed E-state index contributed by atoms with van der Waals surface area (Å²) >= 11 is 0. The van der Waals surface area contributed by atoms with Gasteiger partial charge in [-0.25, -0.2) is 14.6 Å². The SMILES string of the molecule is COc1ccc(-c2ncn(-c3ccc(N)cc3)n2)cn1. The van der Waals surface area contributed by atoms with Gasteiger partial charge in [0, 0.05) is 23.5 Å². The fourth-order valence-electron chi connectivity index (χ4n) is 1.78. The van der Waals surface area contributed by atoms with Crippen LogP contribution < -0.4 is 10.5 Å². The highest BCUT2D eigenvalue weighted by atomic mass is 16.5. The van der Waals surface area contributed by atoms with Crippen molar-refractivity contribution in [3.63, 3.8) is 0 Å². The molecular weight excluding hydrogens is 254 g/mol. The van der Waals surface area contributed by atoms with E-state index in [0.29, 0.717) is 17.4 Å². The number of hydrogen-bond donors (Lipinski definition) is 1. The molecule has 100 valence electrons. The lowest BCUT2D eigenvalue weighted by atomic mass is 10.3. The van der Waals surface area contributed by atoms with E-state index in [4.69, 9.17) is 10.5 Å². The Morgan fingerprint density at radius 1 is 1.05 bits per heavy atom. The Morgan fingerprint density at radius 3 is 2.50 bits per heavy atom. The quantitative estimate of drug-likeness (QED) is 0.733. The van der Waals surface area contributed by atoms with Crippen LogP contribution in [0.25, 0.3) is 17.1 Å². The number of benzene rings is 1. The molecule has 0 atom stereocenters. The molecular formula is C14H13N5O. The molecule has 0 aliphatic heterocycles. The molecule has 20 heavy (non-hydrogen) atoms. The number of nitrogen functional groups attached to an aromatic ring is 1. The average Bonchev–Trinajstić information content (AvgIpc) is 2.98. The molecule has 2 heterocycles. The lowest BCUT2D eigenvalue weighted by molar-refractivity contribution is 0.398. The molecule has 2 aromatic heterocycles. The van der Waals surface area contributed by atoms with Gasteiger partial charge in [-0.05, 0) is 30.3 Å². The lowest BCUT2D eigenvalue weighted by Crippen LogP contribution is -1.95. The Balaban J connectivity index is 1.91. The molecule has 0 fully saturated rings. The number of nitrogens with two attached hydrogens (primary N) is 1. The van der Waals surface area contributed by atoms with Crippen LogP contribution in [0.4, 0.5) is 5.69 Å². The first-order valence-electron chi connectivity index (χ1n) is 6.04. The van der Waals surface area contributed by atoms with Crippen LogP contribution in [0.3, 0.4) is 0 Å². The minimum atomic E-state index is 0.562. The van der Waals surface area contributed by atoms with Crippen molar-refractivity contribution in [2.45, 2.75) is 0 Å². The summed E-state index contributed by atoms with van der Waals surface area (Å²) in [6.45, 7) is 0. The first kappa shape index (κ1) is 12.2. The van der Waals surface area contributed by atoms with Gasteiger partial charge in [0.2, 0.25) is 5.88 Å². The number of rotatable bonds is 3. The van der Waals surface area contributed by atoms with E-state index in [-0.39, 0.29) is 0 Å². The lowest BCUT2D eigenvalue weighted by Gasteiger charge is -2.01. The molecule has 0 spiro atoms. The largest absolute Gasteiger partial charge is 0.481 e. The summed E-state index contributed by atoms with van der Waals surface area (Å²) in [7, 11) is 1.58. The van der Waals surface area contributed by atoms with Gasteiger partial charge in [-0.3, -0.25) is 0 Å². The van der Waals surface area contributed by atoms with Crippen LogP contribution in [0.2, 0.25) is 0 Å². The maximum atomic E-state index is 5.66. The highest BCUT2D eigenvalue weighted by molar-refractivity contribution is 5.54. The zero-order valence-corrected chi connectivity index (χ0v) is 10.9. The van der Waals surface area contributed by atoms with Crippen LogP contribution in [-0.2, 0) is 0 Å². The van der Waals surface area contributed by atoms with Crippen LogP contribution in [0.1, 0.15) is 0 Å². The monoisotopic (exact) mass is 267 g/mol. The van der Waals surface area contributed by atoms with Crippen molar-refractivity contribution in [3.05, 3.63) is 48.9 Å². The third-order valence-electron chi connectivity index (χ3n) is 2.85. The Labute approximate surface area is 115 Å². The van der Waals surface area contributed by atoms with Crippen molar-refractivity contribution >= 4 is 5.69 Å². The molecule has 0 amide bonds. The van der Waals surface area contributed by atoms with E-state index in [2.05, 4.69) is 15.1 Å². The Hall–Kier alpha value is -2.89. The molecule has 6 nitrogen and oxygen atoms in total. The summed E-state index contributed by atoms with van der Waals surface area (Å²) in [4.78, 5) is 8.42. The summed E-state index contributed by atoms with van der Waals surface area (Å²) in [6.07, 6.45) is 3.34. The average molecular weight is 267 g/mol. The zero-order valence-electron chi connectivity index (χ0n) is 10.9. The minimum Gasteiger partial charge on any atom is -0.481 e.